The number of hydrogen-bond donors (Lipinski definition) is 4. The SMILES string of the molecule is CC(=O)Nc1cc(Nc2nc(Cl)nc(Cl)n2)ccc1N=Nc1ccc2c(S(=O)(=O)O)cccc2c1S(=O)(=O)O. The van der Waals surface area contributed by atoms with Gasteiger partial charge in [0, 0.05) is 23.4 Å². The Morgan fingerprint density at radius 1 is 0.846 bits per heavy atom. The van der Waals surface area contributed by atoms with Crippen molar-refractivity contribution in [3.05, 3.63) is 59.1 Å². The number of fused-ring (bicyclic) bond motifs is 1. The summed E-state index contributed by atoms with van der Waals surface area (Å²) in [4.78, 5) is 21.9. The molecule has 0 aliphatic carbocycles. The van der Waals surface area contributed by atoms with Crippen LogP contribution in [-0.2, 0) is 25.0 Å². The first-order valence-electron chi connectivity index (χ1n) is 10.4. The highest BCUT2D eigenvalue weighted by Crippen LogP contribution is 2.37. The lowest BCUT2D eigenvalue weighted by molar-refractivity contribution is -0.114. The summed E-state index contributed by atoms with van der Waals surface area (Å²) in [5.41, 5.74) is 0.252. The van der Waals surface area contributed by atoms with Gasteiger partial charge in [-0.2, -0.15) is 31.8 Å². The molecule has 0 radical (unpaired) electrons. The Labute approximate surface area is 230 Å². The summed E-state index contributed by atoms with van der Waals surface area (Å²) >= 11 is 11.6. The van der Waals surface area contributed by atoms with Gasteiger partial charge in [-0.3, -0.25) is 13.9 Å². The lowest BCUT2D eigenvalue weighted by atomic mass is 10.1. The summed E-state index contributed by atoms with van der Waals surface area (Å²) in [5.74, 6) is -0.446. The monoisotopic (exact) mass is 611 g/mol. The van der Waals surface area contributed by atoms with Crippen LogP contribution in [0.2, 0.25) is 10.6 Å². The number of amides is 1. The molecular formula is C21H15Cl2N7O7S2. The van der Waals surface area contributed by atoms with Crippen molar-refractivity contribution < 1.29 is 30.7 Å². The van der Waals surface area contributed by atoms with Crippen LogP contribution < -0.4 is 10.6 Å². The molecule has 0 fully saturated rings. The number of rotatable bonds is 7. The third kappa shape index (κ3) is 6.62. The molecule has 0 unspecified atom stereocenters. The summed E-state index contributed by atoms with van der Waals surface area (Å²) in [6.07, 6.45) is 0. The molecule has 0 spiro atoms. The second-order valence-corrected chi connectivity index (χ2v) is 11.1. The fourth-order valence-corrected chi connectivity index (χ4v) is 5.37. The van der Waals surface area contributed by atoms with Gasteiger partial charge in [-0.15, -0.1) is 10.2 Å². The molecule has 0 bridgehead atoms. The zero-order chi connectivity index (χ0) is 28.5. The molecule has 14 nitrogen and oxygen atoms in total. The lowest BCUT2D eigenvalue weighted by Crippen LogP contribution is -2.06. The second kappa shape index (κ2) is 10.8. The van der Waals surface area contributed by atoms with E-state index in [1.807, 2.05) is 0 Å². The number of anilines is 3. The molecule has 4 aromatic rings. The van der Waals surface area contributed by atoms with Gasteiger partial charge >= 0.3 is 0 Å². The zero-order valence-electron chi connectivity index (χ0n) is 19.4. The summed E-state index contributed by atoms with van der Waals surface area (Å²) in [5, 5.41) is 12.6. The van der Waals surface area contributed by atoms with Gasteiger partial charge in [0.05, 0.1) is 5.69 Å². The molecule has 0 aliphatic heterocycles. The maximum absolute atomic E-state index is 12.3. The van der Waals surface area contributed by atoms with Crippen LogP contribution in [0.5, 0.6) is 0 Å². The minimum atomic E-state index is -4.95. The van der Waals surface area contributed by atoms with E-state index in [1.165, 1.54) is 43.3 Å². The molecule has 4 N–H and O–H groups in total. The molecule has 0 saturated heterocycles. The van der Waals surface area contributed by atoms with E-state index in [4.69, 9.17) is 23.2 Å². The Kier molecular flexibility index (Phi) is 7.78. The number of benzene rings is 3. The Hall–Kier alpha value is -3.80. The standard InChI is InChI=1S/C21H15Cl2N7O7S2/c1-10(31)24-16-9-11(25-21-27-19(22)26-20(23)28-21)5-7-14(16)29-30-15-8-6-12-13(18(15)39(35,36)37)3-2-4-17(12)38(32,33)34/h2-9H,1H3,(H,24,31)(H,32,33,34)(H,35,36,37)(H,25,26,27,28). The van der Waals surface area contributed by atoms with Gasteiger partial charge in [0.1, 0.15) is 21.2 Å². The van der Waals surface area contributed by atoms with Gasteiger partial charge < -0.3 is 10.6 Å². The predicted molar refractivity (Wildman–Crippen MR) is 142 cm³/mol. The van der Waals surface area contributed by atoms with Gasteiger partial charge in [0.25, 0.3) is 20.2 Å². The van der Waals surface area contributed by atoms with Crippen molar-refractivity contribution in [2.45, 2.75) is 16.7 Å². The predicted octanol–water partition coefficient (Wildman–Crippen LogP) is 4.94. The molecule has 3 aromatic carbocycles. The first-order valence-corrected chi connectivity index (χ1v) is 14.0. The fraction of sp³-hybridized carbons (Fsp3) is 0.0476. The van der Waals surface area contributed by atoms with Crippen LogP contribution >= 0.6 is 23.2 Å². The number of nitrogens with zero attached hydrogens (tertiary/aromatic N) is 5. The third-order valence-electron chi connectivity index (χ3n) is 4.90. The minimum Gasteiger partial charge on any atom is -0.324 e. The third-order valence-corrected chi connectivity index (χ3v) is 7.09. The van der Waals surface area contributed by atoms with Crippen LogP contribution in [0.1, 0.15) is 6.92 Å². The second-order valence-electron chi connectivity index (χ2n) is 7.65. The Balaban J connectivity index is 1.80. The van der Waals surface area contributed by atoms with E-state index in [1.54, 1.807) is 0 Å². The van der Waals surface area contributed by atoms with Crippen LogP contribution in [0.25, 0.3) is 10.8 Å². The number of carbonyl (C=O) groups is 1. The first kappa shape index (κ1) is 28.2. The molecule has 0 aliphatic rings. The van der Waals surface area contributed by atoms with Crippen molar-refractivity contribution in [3.8, 4) is 0 Å². The van der Waals surface area contributed by atoms with E-state index in [9.17, 15) is 30.7 Å². The van der Waals surface area contributed by atoms with Crippen LogP contribution in [0.4, 0.5) is 28.7 Å². The van der Waals surface area contributed by atoms with Crippen molar-refractivity contribution in [3.63, 3.8) is 0 Å². The van der Waals surface area contributed by atoms with Crippen LogP contribution in [0.15, 0.2) is 68.6 Å². The van der Waals surface area contributed by atoms with Gasteiger partial charge in [0.2, 0.25) is 22.4 Å². The summed E-state index contributed by atoms with van der Waals surface area (Å²) in [6, 6.07) is 10.2. The average molecular weight is 612 g/mol. The number of carbonyl (C=O) groups excluding carboxylic acids is 1. The highest BCUT2D eigenvalue weighted by atomic mass is 35.5. The van der Waals surface area contributed by atoms with Gasteiger partial charge in [-0.1, -0.05) is 18.2 Å². The van der Waals surface area contributed by atoms with Crippen molar-refractivity contribution in [1.29, 1.82) is 0 Å². The Morgan fingerprint density at radius 2 is 1.49 bits per heavy atom. The quantitative estimate of drug-likeness (QED) is 0.162. The van der Waals surface area contributed by atoms with Crippen molar-refractivity contribution >= 4 is 88.8 Å². The number of hydrogen-bond acceptors (Lipinski definition) is 11. The van der Waals surface area contributed by atoms with E-state index >= 15 is 0 Å². The molecule has 0 saturated carbocycles. The zero-order valence-corrected chi connectivity index (χ0v) is 22.5. The van der Waals surface area contributed by atoms with E-state index in [0.717, 1.165) is 12.1 Å². The van der Waals surface area contributed by atoms with Gasteiger partial charge in [-0.05, 0) is 53.5 Å². The summed E-state index contributed by atoms with van der Waals surface area (Å²) in [6.45, 7) is 1.25. The number of azo groups is 1. The average Bonchev–Trinajstić information content (AvgIpc) is 2.80. The largest absolute Gasteiger partial charge is 0.324 e. The normalized spacial score (nSPS) is 12.1. The van der Waals surface area contributed by atoms with E-state index in [-0.39, 0.29) is 44.4 Å². The molecule has 39 heavy (non-hydrogen) atoms. The Morgan fingerprint density at radius 3 is 2.10 bits per heavy atom. The van der Waals surface area contributed by atoms with E-state index < -0.39 is 35.9 Å². The van der Waals surface area contributed by atoms with Gasteiger partial charge in [-0.25, -0.2) is 0 Å². The van der Waals surface area contributed by atoms with E-state index in [0.29, 0.717) is 5.69 Å². The van der Waals surface area contributed by atoms with Crippen LogP contribution in [-0.4, -0.2) is 46.8 Å². The fourth-order valence-electron chi connectivity index (χ4n) is 3.47. The lowest BCUT2D eigenvalue weighted by Gasteiger charge is -2.11. The van der Waals surface area contributed by atoms with Crippen LogP contribution in [0.3, 0.4) is 0 Å². The maximum atomic E-state index is 12.3. The summed E-state index contributed by atoms with van der Waals surface area (Å²) < 4.78 is 67.4. The van der Waals surface area contributed by atoms with Crippen molar-refractivity contribution in [2.24, 2.45) is 10.2 Å². The van der Waals surface area contributed by atoms with Crippen molar-refractivity contribution in [1.82, 2.24) is 15.0 Å². The molecule has 202 valence electrons. The number of nitrogens with one attached hydrogen (secondary N) is 2. The molecular weight excluding hydrogens is 597 g/mol. The highest BCUT2D eigenvalue weighted by Gasteiger charge is 2.23. The molecule has 0 atom stereocenters. The maximum Gasteiger partial charge on any atom is 0.297 e. The van der Waals surface area contributed by atoms with Crippen LogP contribution in [0, 0.1) is 0 Å². The molecule has 18 heteroatoms. The molecule has 1 heterocycles. The van der Waals surface area contributed by atoms with Gasteiger partial charge in [0.15, 0.2) is 0 Å². The number of aromatic nitrogens is 3. The highest BCUT2D eigenvalue weighted by molar-refractivity contribution is 7.86. The Bertz CT molecular complexity index is 1870. The number of halogens is 2. The molecule has 1 aromatic heterocycles. The molecule has 1 amide bonds. The van der Waals surface area contributed by atoms with E-state index in [2.05, 4.69) is 35.8 Å². The topological polar surface area (TPSA) is 213 Å². The van der Waals surface area contributed by atoms with Crippen molar-refractivity contribution in [2.75, 3.05) is 10.6 Å². The smallest absolute Gasteiger partial charge is 0.297 e. The summed E-state index contributed by atoms with van der Waals surface area (Å²) in [7, 11) is -9.67. The molecule has 4 rings (SSSR count). The minimum absolute atomic E-state index is 0.0152. The first-order chi connectivity index (χ1) is 18.2.